The quantitative estimate of drug-likeness (QED) is 0.373. The fourth-order valence-corrected chi connectivity index (χ4v) is 4.26. The third-order valence-electron chi connectivity index (χ3n) is 5.67. The van der Waals surface area contributed by atoms with Gasteiger partial charge < -0.3 is 9.80 Å². The van der Waals surface area contributed by atoms with Crippen LogP contribution in [0.3, 0.4) is 0 Å². The zero-order valence-electron chi connectivity index (χ0n) is 19.2. The van der Waals surface area contributed by atoms with Crippen LogP contribution in [0.4, 0.5) is 4.39 Å². The Morgan fingerprint density at radius 1 is 0.879 bits per heavy atom. The maximum atomic E-state index is 13.4. The maximum Gasteiger partial charge on any atom is 0.242 e. The molecule has 4 nitrogen and oxygen atoms in total. The van der Waals surface area contributed by atoms with Gasteiger partial charge in [0.2, 0.25) is 11.8 Å². The van der Waals surface area contributed by atoms with E-state index in [2.05, 4.69) is 13.8 Å². The summed E-state index contributed by atoms with van der Waals surface area (Å²) in [6.07, 6.45) is 1.06. The molecular formula is C27H31FN2O2S. The Morgan fingerprint density at radius 2 is 1.61 bits per heavy atom. The monoisotopic (exact) mass is 466 g/mol. The van der Waals surface area contributed by atoms with E-state index < -0.39 is 0 Å². The number of carbonyl (C=O) groups is 2. The minimum absolute atomic E-state index is 0.0303. The molecule has 0 N–H and O–H groups in total. The van der Waals surface area contributed by atoms with Crippen molar-refractivity contribution in [1.29, 1.82) is 0 Å². The molecule has 0 spiro atoms. The van der Waals surface area contributed by atoms with Crippen LogP contribution in [0.1, 0.15) is 36.3 Å². The van der Waals surface area contributed by atoms with E-state index in [1.807, 2.05) is 52.7 Å². The first kappa shape index (κ1) is 24.6. The van der Waals surface area contributed by atoms with Crippen LogP contribution in [0.25, 0.3) is 0 Å². The highest BCUT2D eigenvalue weighted by Crippen LogP contribution is 2.16. The lowest BCUT2D eigenvalue weighted by Gasteiger charge is -2.29. The molecular weight excluding hydrogens is 435 g/mol. The van der Waals surface area contributed by atoms with Gasteiger partial charge in [-0.1, -0.05) is 68.8 Å². The van der Waals surface area contributed by atoms with E-state index in [4.69, 9.17) is 0 Å². The number of amides is 2. The molecule has 0 aliphatic rings. The van der Waals surface area contributed by atoms with E-state index in [9.17, 15) is 14.0 Å². The lowest BCUT2D eigenvalue weighted by atomic mass is 10.1. The summed E-state index contributed by atoms with van der Waals surface area (Å²) < 4.78 is 13.3. The van der Waals surface area contributed by atoms with Crippen molar-refractivity contribution in [3.63, 3.8) is 0 Å². The molecule has 0 bridgehead atoms. The minimum atomic E-state index is -0.331. The largest absolute Gasteiger partial charge is 0.333 e. The van der Waals surface area contributed by atoms with Crippen molar-refractivity contribution in [2.75, 3.05) is 13.1 Å². The summed E-state index contributed by atoms with van der Waals surface area (Å²) in [4.78, 5) is 31.2. The van der Waals surface area contributed by atoms with Crippen LogP contribution in [-0.4, -0.2) is 34.7 Å². The number of hydrogen-bond donors (Lipinski definition) is 0. The van der Waals surface area contributed by atoms with Gasteiger partial charge in [-0.15, -0.1) is 11.3 Å². The summed E-state index contributed by atoms with van der Waals surface area (Å²) in [6.45, 7) is 5.70. The molecule has 1 unspecified atom stereocenters. The molecule has 2 aromatic carbocycles. The highest BCUT2D eigenvalue weighted by Gasteiger charge is 2.23. The van der Waals surface area contributed by atoms with Gasteiger partial charge in [0.1, 0.15) is 5.82 Å². The average Bonchev–Trinajstić information content (AvgIpc) is 3.33. The third kappa shape index (κ3) is 7.82. The van der Waals surface area contributed by atoms with Gasteiger partial charge in [0.25, 0.3) is 0 Å². The first-order valence-corrected chi connectivity index (χ1v) is 12.2. The summed E-state index contributed by atoms with van der Waals surface area (Å²) in [5.74, 6) is -0.258. The molecule has 33 heavy (non-hydrogen) atoms. The molecule has 0 saturated heterocycles. The standard InChI is InChI=1S/C27H31FN2O2S/c1-3-21(2)17-29(26(31)16-22-11-13-24(28)14-12-22)20-27(32)30(19-25-10-7-15-33-25)18-23-8-5-4-6-9-23/h4-15,21H,3,16-20H2,1-2H3. The molecule has 6 heteroatoms. The predicted molar refractivity (Wildman–Crippen MR) is 131 cm³/mol. The summed E-state index contributed by atoms with van der Waals surface area (Å²) in [5, 5.41) is 2.00. The number of nitrogens with zero attached hydrogens (tertiary/aromatic N) is 2. The SMILES string of the molecule is CCC(C)CN(CC(=O)N(Cc1ccccc1)Cc1cccs1)C(=O)Cc1ccc(F)cc1. The van der Waals surface area contributed by atoms with Gasteiger partial charge in [0.15, 0.2) is 0 Å². The maximum absolute atomic E-state index is 13.4. The van der Waals surface area contributed by atoms with Gasteiger partial charge in [-0.3, -0.25) is 9.59 Å². The number of halogens is 1. The number of carbonyl (C=O) groups excluding carboxylic acids is 2. The van der Waals surface area contributed by atoms with Crippen LogP contribution >= 0.6 is 11.3 Å². The van der Waals surface area contributed by atoms with E-state index >= 15 is 0 Å². The first-order valence-electron chi connectivity index (χ1n) is 11.3. The molecule has 1 aromatic heterocycles. The summed E-state index contributed by atoms with van der Waals surface area (Å²) in [7, 11) is 0. The van der Waals surface area contributed by atoms with Crippen molar-refractivity contribution in [2.45, 2.75) is 39.8 Å². The summed E-state index contributed by atoms with van der Waals surface area (Å²) in [5.41, 5.74) is 1.79. The normalized spacial score (nSPS) is 11.7. The summed E-state index contributed by atoms with van der Waals surface area (Å²) in [6, 6.07) is 19.8. The van der Waals surface area contributed by atoms with E-state index in [1.54, 1.807) is 28.4 Å². The van der Waals surface area contributed by atoms with Gasteiger partial charge in [-0.05, 0) is 40.6 Å². The average molecular weight is 467 g/mol. The Bertz CT molecular complexity index is 1010. The van der Waals surface area contributed by atoms with Crippen molar-refractivity contribution in [2.24, 2.45) is 5.92 Å². The fraction of sp³-hybridized carbons (Fsp3) is 0.333. The molecule has 0 aliphatic heterocycles. The topological polar surface area (TPSA) is 40.6 Å². The van der Waals surface area contributed by atoms with Crippen molar-refractivity contribution in [3.8, 4) is 0 Å². The lowest BCUT2D eigenvalue weighted by Crippen LogP contribution is -2.44. The Kier molecular flexibility index (Phi) is 9.19. The van der Waals surface area contributed by atoms with Gasteiger partial charge in [-0.2, -0.15) is 0 Å². The van der Waals surface area contributed by atoms with E-state index in [-0.39, 0.29) is 36.5 Å². The van der Waals surface area contributed by atoms with Gasteiger partial charge >= 0.3 is 0 Å². The second-order valence-electron chi connectivity index (χ2n) is 8.41. The van der Waals surface area contributed by atoms with E-state index in [1.165, 1.54) is 12.1 Å². The highest BCUT2D eigenvalue weighted by molar-refractivity contribution is 7.09. The van der Waals surface area contributed by atoms with Crippen molar-refractivity contribution in [3.05, 3.63) is 93.9 Å². The van der Waals surface area contributed by atoms with E-state index in [0.717, 1.165) is 22.4 Å². The number of benzene rings is 2. The van der Waals surface area contributed by atoms with Crippen LogP contribution in [0.5, 0.6) is 0 Å². The predicted octanol–water partition coefficient (Wildman–Crippen LogP) is 5.53. The van der Waals surface area contributed by atoms with Gasteiger partial charge in [0.05, 0.1) is 19.5 Å². The number of hydrogen-bond acceptors (Lipinski definition) is 3. The van der Waals surface area contributed by atoms with Crippen LogP contribution < -0.4 is 0 Å². The van der Waals surface area contributed by atoms with E-state index in [0.29, 0.717) is 19.6 Å². The number of thiophene rings is 1. The molecule has 0 fully saturated rings. The minimum Gasteiger partial charge on any atom is -0.333 e. The fourth-order valence-electron chi connectivity index (χ4n) is 3.54. The molecule has 3 aromatic rings. The smallest absolute Gasteiger partial charge is 0.242 e. The van der Waals surface area contributed by atoms with Crippen molar-refractivity contribution >= 4 is 23.2 Å². The molecule has 1 heterocycles. The zero-order valence-corrected chi connectivity index (χ0v) is 20.1. The Labute approximate surface area is 199 Å². The Morgan fingerprint density at radius 3 is 2.24 bits per heavy atom. The van der Waals surface area contributed by atoms with Crippen LogP contribution in [-0.2, 0) is 29.1 Å². The van der Waals surface area contributed by atoms with Crippen molar-refractivity contribution < 1.29 is 14.0 Å². The van der Waals surface area contributed by atoms with Gasteiger partial charge in [-0.25, -0.2) is 4.39 Å². The molecule has 2 amide bonds. The van der Waals surface area contributed by atoms with Crippen LogP contribution in [0, 0.1) is 11.7 Å². The second-order valence-corrected chi connectivity index (χ2v) is 9.44. The molecule has 0 aliphatic carbocycles. The second kappa shape index (κ2) is 12.3. The highest BCUT2D eigenvalue weighted by atomic mass is 32.1. The zero-order chi connectivity index (χ0) is 23.6. The van der Waals surface area contributed by atoms with Crippen LogP contribution in [0.15, 0.2) is 72.1 Å². The molecule has 3 rings (SSSR count). The van der Waals surface area contributed by atoms with Gasteiger partial charge in [0, 0.05) is 18.0 Å². The molecule has 1 atom stereocenters. The van der Waals surface area contributed by atoms with Crippen LogP contribution in [0.2, 0.25) is 0 Å². The lowest BCUT2D eigenvalue weighted by molar-refractivity contribution is -0.141. The first-order chi connectivity index (χ1) is 15.9. The molecule has 174 valence electrons. The summed E-state index contributed by atoms with van der Waals surface area (Å²) >= 11 is 1.62. The third-order valence-corrected chi connectivity index (χ3v) is 6.53. The molecule has 0 saturated carbocycles. The van der Waals surface area contributed by atoms with Crippen molar-refractivity contribution in [1.82, 2.24) is 9.80 Å². The number of rotatable bonds is 11. The Hall–Kier alpha value is -2.99. The Balaban J connectivity index is 1.75. The molecule has 0 radical (unpaired) electrons.